The quantitative estimate of drug-likeness (QED) is 0.110. The van der Waals surface area contributed by atoms with Crippen LogP contribution >= 0.6 is 0 Å². The van der Waals surface area contributed by atoms with E-state index in [1.54, 1.807) is 12.1 Å². The first-order chi connectivity index (χ1) is 21.8. The molecule has 1 fully saturated rings. The van der Waals surface area contributed by atoms with Gasteiger partial charge < -0.3 is 24.3 Å². The standard InChI is InChI=1S/C32H45N3O10/c1-2-3-4-7-13-28(38)45-22-21-44-20-19-43-18-17-42-16-8-5-6-12-26(36)33-24-11-9-10-23-29(24)32(41)35(31(23)40)25-14-15-27(37)34-30(25)39/h9-11,25H,2-8,12-22H2,1H3,(H,33,36)(H,34,37,39). The Morgan fingerprint density at radius 1 is 0.822 bits per heavy atom. The first kappa shape index (κ1) is 35.8. The van der Waals surface area contributed by atoms with Gasteiger partial charge in [0.05, 0.1) is 49.8 Å². The lowest BCUT2D eigenvalue weighted by Crippen LogP contribution is -2.54. The Balaban J connectivity index is 1.20. The van der Waals surface area contributed by atoms with Gasteiger partial charge in [-0.2, -0.15) is 0 Å². The normalized spacial score (nSPS) is 16.1. The fourth-order valence-electron chi connectivity index (χ4n) is 5.02. The summed E-state index contributed by atoms with van der Waals surface area (Å²) < 4.78 is 21.5. The first-order valence-electron chi connectivity index (χ1n) is 15.9. The molecule has 1 saturated heterocycles. The van der Waals surface area contributed by atoms with E-state index in [0.717, 1.165) is 43.4 Å². The highest BCUT2D eigenvalue weighted by molar-refractivity contribution is 6.26. The molecule has 5 amide bonds. The Kier molecular flexibility index (Phi) is 15.6. The number of imide groups is 2. The molecule has 45 heavy (non-hydrogen) atoms. The summed E-state index contributed by atoms with van der Waals surface area (Å²) in [6, 6.07) is 3.53. The highest BCUT2D eigenvalue weighted by Gasteiger charge is 2.45. The van der Waals surface area contributed by atoms with Crippen molar-refractivity contribution in [2.75, 3.05) is 51.6 Å². The molecule has 13 heteroatoms. The van der Waals surface area contributed by atoms with Gasteiger partial charge in [0.25, 0.3) is 11.8 Å². The van der Waals surface area contributed by atoms with E-state index in [4.69, 9.17) is 18.9 Å². The number of esters is 1. The maximum Gasteiger partial charge on any atom is 0.305 e. The molecule has 1 atom stereocenters. The molecule has 2 heterocycles. The summed E-state index contributed by atoms with van der Waals surface area (Å²) in [5, 5.41) is 4.89. The highest BCUT2D eigenvalue weighted by atomic mass is 16.6. The van der Waals surface area contributed by atoms with Crippen molar-refractivity contribution in [2.24, 2.45) is 0 Å². The van der Waals surface area contributed by atoms with Crippen molar-refractivity contribution < 1.29 is 47.7 Å². The Morgan fingerprint density at radius 2 is 1.49 bits per heavy atom. The molecule has 0 aliphatic carbocycles. The van der Waals surface area contributed by atoms with Crippen molar-refractivity contribution in [1.82, 2.24) is 10.2 Å². The van der Waals surface area contributed by atoms with E-state index in [1.807, 2.05) is 0 Å². The number of benzene rings is 1. The minimum absolute atomic E-state index is 0.0309. The predicted molar refractivity (Wildman–Crippen MR) is 162 cm³/mol. The highest BCUT2D eigenvalue weighted by Crippen LogP contribution is 2.32. The second-order valence-electron chi connectivity index (χ2n) is 10.9. The van der Waals surface area contributed by atoms with Crippen LogP contribution in [-0.2, 0) is 38.1 Å². The molecule has 248 valence electrons. The molecular formula is C32H45N3O10. The van der Waals surface area contributed by atoms with Crippen LogP contribution in [0.5, 0.6) is 0 Å². The molecule has 2 N–H and O–H groups in total. The van der Waals surface area contributed by atoms with Gasteiger partial charge in [-0.05, 0) is 37.8 Å². The molecule has 1 aromatic carbocycles. The topological polar surface area (TPSA) is 167 Å². The molecule has 13 nitrogen and oxygen atoms in total. The summed E-state index contributed by atoms with van der Waals surface area (Å²) in [7, 11) is 0. The van der Waals surface area contributed by atoms with Crippen molar-refractivity contribution in [3.8, 4) is 0 Å². The second-order valence-corrected chi connectivity index (χ2v) is 10.9. The molecule has 2 aliphatic rings. The van der Waals surface area contributed by atoms with Gasteiger partial charge in [0.1, 0.15) is 12.6 Å². The van der Waals surface area contributed by atoms with Crippen LogP contribution < -0.4 is 10.6 Å². The largest absolute Gasteiger partial charge is 0.463 e. The molecule has 0 saturated carbocycles. The van der Waals surface area contributed by atoms with Gasteiger partial charge in [-0.25, -0.2) is 0 Å². The third-order valence-corrected chi connectivity index (χ3v) is 7.40. The van der Waals surface area contributed by atoms with E-state index in [9.17, 15) is 28.8 Å². The average molecular weight is 632 g/mol. The number of carbonyl (C=O) groups is 6. The lowest BCUT2D eigenvalue weighted by molar-refractivity contribution is -0.145. The smallest absolute Gasteiger partial charge is 0.305 e. The van der Waals surface area contributed by atoms with Gasteiger partial charge in [0, 0.05) is 25.9 Å². The molecule has 0 bridgehead atoms. The van der Waals surface area contributed by atoms with Crippen LogP contribution in [0.2, 0.25) is 0 Å². The third-order valence-electron chi connectivity index (χ3n) is 7.40. The minimum atomic E-state index is -1.07. The molecule has 1 unspecified atom stereocenters. The SMILES string of the molecule is CCCCCCC(=O)OCCOCCOCCOCCCCCC(=O)Nc1cccc2c1C(=O)N(C1CCC(=O)NC1=O)C2=O. The molecule has 0 spiro atoms. The van der Waals surface area contributed by atoms with E-state index < -0.39 is 29.7 Å². The zero-order valence-electron chi connectivity index (χ0n) is 26.1. The van der Waals surface area contributed by atoms with Crippen molar-refractivity contribution in [3.05, 3.63) is 29.3 Å². The Morgan fingerprint density at radius 3 is 2.20 bits per heavy atom. The number of nitrogens with zero attached hydrogens (tertiary/aromatic N) is 1. The number of rotatable bonds is 22. The van der Waals surface area contributed by atoms with Gasteiger partial charge in [0.2, 0.25) is 17.7 Å². The Labute approximate surface area is 263 Å². The summed E-state index contributed by atoms with van der Waals surface area (Å²) >= 11 is 0. The number of ether oxygens (including phenoxy) is 4. The van der Waals surface area contributed by atoms with Gasteiger partial charge in [-0.3, -0.25) is 39.0 Å². The molecule has 3 rings (SSSR count). The number of hydrogen-bond donors (Lipinski definition) is 2. The number of piperidine rings is 1. The average Bonchev–Trinajstić information content (AvgIpc) is 3.27. The molecule has 1 aromatic rings. The predicted octanol–water partition coefficient (Wildman–Crippen LogP) is 3.15. The fourth-order valence-corrected chi connectivity index (χ4v) is 5.02. The number of amides is 5. The molecule has 0 aromatic heterocycles. The molecule has 2 aliphatic heterocycles. The van der Waals surface area contributed by atoms with Crippen molar-refractivity contribution >= 4 is 41.2 Å². The number of nitrogens with one attached hydrogen (secondary N) is 2. The van der Waals surface area contributed by atoms with Gasteiger partial charge in [-0.15, -0.1) is 0 Å². The minimum Gasteiger partial charge on any atom is -0.463 e. The number of hydrogen-bond acceptors (Lipinski definition) is 10. The molecule has 0 radical (unpaired) electrons. The van der Waals surface area contributed by atoms with E-state index >= 15 is 0 Å². The van der Waals surface area contributed by atoms with Gasteiger partial charge >= 0.3 is 5.97 Å². The van der Waals surface area contributed by atoms with E-state index in [2.05, 4.69) is 17.6 Å². The van der Waals surface area contributed by atoms with E-state index in [-0.39, 0.29) is 54.6 Å². The monoisotopic (exact) mass is 631 g/mol. The summed E-state index contributed by atoms with van der Waals surface area (Å²) in [4.78, 5) is 74.9. The van der Waals surface area contributed by atoms with Crippen LogP contribution in [0.1, 0.15) is 98.3 Å². The zero-order chi connectivity index (χ0) is 32.4. The lowest BCUT2D eigenvalue weighted by Gasteiger charge is -2.27. The van der Waals surface area contributed by atoms with Crippen LogP contribution in [0.25, 0.3) is 0 Å². The summed E-state index contributed by atoms with van der Waals surface area (Å²) in [6.45, 7) is 4.95. The Bertz CT molecular complexity index is 1190. The van der Waals surface area contributed by atoms with Crippen LogP contribution in [-0.4, -0.2) is 92.7 Å². The fraction of sp³-hybridized carbons (Fsp3) is 0.625. The lowest BCUT2D eigenvalue weighted by atomic mass is 10.0. The molecular weight excluding hydrogens is 586 g/mol. The first-order valence-corrected chi connectivity index (χ1v) is 15.9. The van der Waals surface area contributed by atoms with Crippen molar-refractivity contribution in [1.29, 1.82) is 0 Å². The summed E-state index contributed by atoms with van der Waals surface area (Å²) in [5.74, 6) is -2.89. The van der Waals surface area contributed by atoms with Crippen LogP contribution in [0.4, 0.5) is 5.69 Å². The van der Waals surface area contributed by atoms with Gasteiger partial charge in [-0.1, -0.05) is 38.7 Å². The third kappa shape index (κ3) is 11.6. The van der Waals surface area contributed by atoms with Crippen LogP contribution in [0.15, 0.2) is 18.2 Å². The number of carbonyl (C=O) groups excluding carboxylic acids is 6. The maximum atomic E-state index is 13.1. The van der Waals surface area contributed by atoms with Gasteiger partial charge in [0.15, 0.2) is 0 Å². The second kappa shape index (κ2) is 19.7. The van der Waals surface area contributed by atoms with Crippen LogP contribution in [0, 0.1) is 0 Å². The maximum absolute atomic E-state index is 13.1. The number of fused-ring (bicyclic) bond motifs is 1. The van der Waals surface area contributed by atoms with Crippen molar-refractivity contribution in [2.45, 2.75) is 83.6 Å². The van der Waals surface area contributed by atoms with E-state index in [1.165, 1.54) is 6.07 Å². The number of anilines is 1. The number of unbranched alkanes of at least 4 members (excludes halogenated alkanes) is 5. The Hall–Kier alpha value is -3.68. The summed E-state index contributed by atoms with van der Waals surface area (Å²) in [5.41, 5.74) is 0.384. The van der Waals surface area contributed by atoms with Crippen LogP contribution in [0.3, 0.4) is 0 Å². The van der Waals surface area contributed by atoms with E-state index in [0.29, 0.717) is 52.5 Å². The van der Waals surface area contributed by atoms with Crippen molar-refractivity contribution in [3.63, 3.8) is 0 Å². The zero-order valence-corrected chi connectivity index (χ0v) is 26.1. The summed E-state index contributed by atoms with van der Waals surface area (Å²) in [6.07, 6.45) is 7.09.